The van der Waals surface area contributed by atoms with Gasteiger partial charge in [-0.15, -0.1) is 0 Å². The minimum Gasteiger partial charge on any atom is -0.481 e. The molecule has 0 bridgehead atoms. The van der Waals surface area contributed by atoms with Crippen molar-refractivity contribution in [1.29, 1.82) is 0 Å². The van der Waals surface area contributed by atoms with Crippen LogP contribution in [0.5, 0.6) is 5.88 Å². The van der Waals surface area contributed by atoms with Gasteiger partial charge in [0.25, 0.3) is 0 Å². The Bertz CT molecular complexity index is 602. The third kappa shape index (κ3) is 3.35. The van der Waals surface area contributed by atoms with Crippen molar-refractivity contribution in [2.75, 3.05) is 19.0 Å². The zero-order chi connectivity index (χ0) is 17.4. The van der Waals surface area contributed by atoms with Crippen molar-refractivity contribution in [3.63, 3.8) is 0 Å². The van der Waals surface area contributed by atoms with E-state index in [1.165, 1.54) is 25.9 Å². The number of carbonyl (C=O) groups excluding carboxylic acids is 1. The number of nitrogens with one attached hydrogen (secondary N) is 1. The zero-order valence-corrected chi connectivity index (χ0v) is 13.5. The molecule has 0 radical (unpaired) electrons. The number of aryl methyl sites for hydroxylation is 1. The normalized spacial score (nSPS) is 20.5. The summed E-state index contributed by atoms with van der Waals surface area (Å²) in [5, 5.41) is 2.63. The van der Waals surface area contributed by atoms with E-state index in [4.69, 9.17) is 4.74 Å². The number of hydrogen-bond donors (Lipinski definition) is 1. The highest BCUT2D eigenvalue weighted by atomic mass is 19.4. The first-order chi connectivity index (χ1) is 10.6. The molecule has 128 valence electrons. The molecule has 0 spiro atoms. The van der Waals surface area contributed by atoms with E-state index in [0.29, 0.717) is 17.3 Å². The molecule has 1 aliphatic rings. The van der Waals surface area contributed by atoms with E-state index in [9.17, 15) is 18.0 Å². The summed E-state index contributed by atoms with van der Waals surface area (Å²) in [6, 6.07) is 2.64. The molecule has 1 atom stereocenters. The Kier molecular flexibility index (Phi) is 4.45. The summed E-state index contributed by atoms with van der Waals surface area (Å²) in [4.78, 5) is 17.8. The Morgan fingerprint density at radius 2 is 2.09 bits per heavy atom. The monoisotopic (exact) mass is 331 g/mol. The van der Waals surface area contributed by atoms with Crippen molar-refractivity contribution >= 4 is 11.7 Å². The fraction of sp³-hybridized carbons (Fsp3) is 0.600. The molecule has 0 aromatic carbocycles. The predicted molar refractivity (Wildman–Crippen MR) is 79.5 cm³/mol. The number of nitrogens with zero attached hydrogens (tertiary/aromatic N) is 2. The molecule has 0 saturated carbocycles. The number of alkyl halides is 3. The highest BCUT2D eigenvalue weighted by Crippen LogP contribution is 2.44. The van der Waals surface area contributed by atoms with Gasteiger partial charge in [0.05, 0.1) is 29.9 Å². The van der Waals surface area contributed by atoms with Gasteiger partial charge in [0.2, 0.25) is 5.88 Å². The first-order valence-electron chi connectivity index (χ1n) is 7.24. The van der Waals surface area contributed by atoms with E-state index in [1.54, 1.807) is 19.1 Å². The molecule has 1 aliphatic heterocycles. The van der Waals surface area contributed by atoms with Gasteiger partial charge < -0.3 is 15.0 Å². The molecule has 23 heavy (non-hydrogen) atoms. The van der Waals surface area contributed by atoms with E-state index < -0.39 is 23.7 Å². The summed E-state index contributed by atoms with van der Waals surface area (Å²) in [5.74, 6) is -1.13. The second-order valence-corrected chi connectivity index (χ2v) is 6.10. The van der Waals surface area contributed by atoms with Gasteiger partial charge in [-0.3, -0.25) is 0 Å². The van der Waals surface area contributed by atoms with Gasteiger partial charge in [-0.05, 0) is 33.3 Å². The van der Waals surface area contributed by atoms with Crippen LogP contribution in [0.25, 0.3) is 0 Å². The predicted octanol–water partition coefficient (Wildman–Crippen LogP) is 3.59. The molecule has 1 fully saturated rings. The van der Waals surface area contributed by atoms with Crippen LogP contribution in [0, 0.1) is 12.8 Å². The smallest absolute Gasteiger partial charge is 0.394 e. The van der Waals surface area contributed by atoms with Gasteiger partial charge in [0.15, 0.2) is 0 Å². The van der Waals surface area contributed by atoms with Crippen LogP contribution in [0.2, 0.25) is 0 Å². The standard InChI is InChI=1S/C15H20F3N3O2/c1-9-10(5-6-12(19-9)23-4)20-13(22)21-8-7-11(14(21,2)3)15(16,17)18/h5-6,11H,7-8H2,1-4H3,(H,20,22)/t11-/m1/s1. The number of ether oxygens (including phenoxy) is 1. The Balaban J connectivity index is 2.16. The summed E-state index contributed by atoms with van der Waals surface area (Å²) >= 11 is 0. The van der Waals surface area contributed by atoms with Gasteiger partial charge in [0.1, 0.15) is 0 Å². The quantitative estimate of drug-likeness (QED) is 0.901. The molecule has 1 aromatic rings. The van der Waals surface area contributed by atoms with Crippen LogP contribution in [0.3, 0.4) is 0 Å². The number of anilines is 1. The molecule has 1 N–H and O–H groups in total. The number of urea groups is 1. The number of carbonyl (C=O) groups is 1. The number of pyridine rings is 1. The zero-order valence-electron chi connectivity index (χ0n) is 13.5. The SMILES string of the molecule is COc1ccc(NC(=O)N2CC[C@@H](C(F)(F)F)C2(C)C)c(C)n1. The fourth-order valence-corrected chi connectivity index (χ4v) is 2.98. The number of hydrogen-bond acceptors (Lipinski definition) is 3. The maximum absolute atomic E-state index is 13.1. The van der Waals surface area contributed by atoms with Gasteiger partial charge in [-0.1, -0.05) is 0 Å². The molecular weight excluding hydrogens is 311 g/mol. The van der Waals surface area contributed by atoms with Gasteiger partial charge in [-0.2, -0.15) is 13.2 Å². The van der Waals surface area contributed by atoms with Gasteiger partial charge in [0, 0.05) is 12.6 Å². The molecule has 0 aliphatic carbocycles. The minimum absolute atomic E-state index is 0.0612. The second kappa shape index (κ2) is 5.90. The van der Waals surface area contributed by atoms with Gasteiger partial charge in [-0.25, -0.2) is 9.78 Å². The number of amides is 2. The Morgan fingerprint density at radius 3 is 2.57 bits per heavy atom. The van der Waals surface area contributed by atoms with Crippen LogP contribution in [0.15, 0.2) is 12.1 Å². The van der Waals surface area contributed by atoms with Crippen molar-refractivity contribution in [2.24, 2.45) is 5.92 Å². The molecule has 1 saturated heterocycles. The lowest BCUT2D eigenvalue weighted by atomic mass is 9.88. The number of aromatic nitrogens is 1. The Hall–Kier alpha value is -1.99. The maximum Gasteiger partial charge on any atom is 0.394 e. The first kappa shape index (κ1) is 17.4. The van der Waals surface area contributed by atoms with Crippen molar-refractivity contribution in [3.8, 4) is 5.88 Å². The van der Waals surface area contributed by atoms with Crippen LogP contribution in [-0.4, -0.2) is 41.3 Å². The highest BCUT2D eigenvalue weighted by molar-refractivity contribution is 5.90. The van der Waals surface area contributed by atoms with Crippen LogP contribution in [0.1, 0.15) is 26.0 Å². The van der Waals surface area contributed by atoms with E-state index in [0.717, 1.165) is 0 Å². The maximum atomic E-state index is 13.1. The molecule has 2 rings (SSSR count). The second-order valence-electron chi connectivity index (χ2n) is 6.10. The van der Waals surface area contributed by atoms with Gasteiger partial charge >= 0.3 is 12.2 Å². The van der Waals surface area contributed by atoms with E-state index in [-0.39, 0.29) is 13.0 Å². The van der Waals surface area contributed by atoms with E-state index in [2.05, 4.69) is 10.3 Å². The first-order valence-corrected chi connectivity index (χ1v) is 7.24. The number of likely N-dealkylation sites (tertiary alicyclic amines) is 1. The molecule has 2 amide bonds. The van der Waals surface area contributed by atoms with Crippen molar-refractivity contribution < 1.29 is 22.7 Å². The lowest BCUT2D eigenvalue weighted by Gasteiger charge is -2.36. The third-order valence-electron chi connectivity index (χ3n) is 4.34. The average molecular weight is 331 g/mol. The van der Waals surface area contributed by atoms with Crippen molar-refractivity contribution in [2.45, 2.75) is 38.9 Å². The molecule has 8 heteroatoms. The topological polar surface area (TPSA) is 54.5 Å². The lowest BCUT2D eigenvalue weighted by molar-refractivity contribution is -0.189. The summed E-state index contributed by atoms with van der Waals surface area (Å²) < 4.78 is 44.2. The van der Waals surface area contributed by atoms with Crippen molar-refractivity contribution in [1.82, 2.24) is 9.88 Å². The third-order valence-corrected chi connectivity index (χ3v) is 4.34. The van der Waals surface area contributed by atoms with Crippen LogP contribution < -0.4 is 10.1 Å². The summed E-state index contributed by atoms with van der Waals surface area (Å²) in [7, 11) is 1.48. The number of methoxy groups -OCH3 is 1. The minimum atomic E-state index is -4.32. The molecule has 1 aromatic heterocycles. The van der Waals surface area contributed by atoms with E-state index >= 15 is 0 Å². The highest BCUT2D eigenvalue weighted by Gasteiger charge is 2.56. The Labute approximate surface area is 132 Å². The van der Waals surface area contributed by atoms with Crippen LogP contribution in [-0.2, 0) is 0 Å². The van der Waals surface area contributed by atoms with Crippen molar-refractivity contribution in [3.05, 3.63) is 17.8 Å². The molecule has 5 nitrogen and oxygen atoms in total. The number of halogens is 3. The summed E-state index contributed by atoms with van der Waals surface area (Å²) in [5.41, 5.74) is -0.319. The molecule has 0 unspecified atom stereocenters. The Morgan fingerprint density at radius 1 is 1.43 bits per heavy atom. The van der Waals surface area contributed by atoms with Crippen LogP contribution >= 0.6 is 0 Å². The average Bonchev–Trinajstić information content (AvgIpc) is 2.76. The summed E-state index contributed by atoms with van der Waals surface area (Å²) in [6.07, 6.45) is -4.42. The number of rotatable bonds is 2. The molecule has 2 heterocycles. The lowest BCUT2D eigenvalue weighted by Crippen LogP contribution is -2.51. The summed E-state index contributed by atoms with van der Waals surface area (Å²) in [6.45, 7) is 4.63. The van der Waals surface area contributed by atoms with Crippen LogP contribution in [0.4, 0.5) is 23.7 Å². The molecular formula is C15H20F3N3O2. The fourth-order valence-electron chi connectivity index (χ4n) is 2.98. The van der Waals surface area contributed by atoms with E-state index in [1.807, 2.05) is 0 Å². The largest absolute Gasteiger partial charge is 0.481 e.